The van der Waals surface area contributed by atoms with Gasteiger partial charge in [-0.15, -0.1) is 11.3 Å². The van der Waals surface area contributed by atoms with E-state index in [1.54, 1.807) is 36.7 Å². The van der Waals surface area contributed by atoms with Gasteiger partial charge in [-0.25, -0.2) is 4.98 Å². The van der Waals surface area contributed by atoms with Crippen LogP contribution in [-0.2, 0) is 5.41 Å². The fraction of sp³-hybridized carbons (Fsp3) is 0.333. The zero-order valence-electron chi connectivity index (χ0n) is 11.9. The maximum atomic E-state index is 12.3. The third-order valence-corrected chi connectivity index (χ3v) is 4.40. The van der Waals surface area contributed by atoms with Crippen molar-refractivity contribution in [1.29, 1.82) is 0 Å². The first-order chi connectivity index (χ1) is 9.54. The van der Waals surface area contributed by atoms with Crippen LogP contribution < -0.4 is 10.6 Å². The molecule has 0 spiro atoms. The maximum Gasteiger partial charge on any atom is 0.255 e. The van der Waals surface area contributed by atoms with Crippen molar-refractivity contribution in [1.82, 2.24) is 10.3 Å². The molecule has 0 aliphatic heterocycles. The predicted octanol–water partition coefficient (Wildman–Crippen LogP) is 2.89. The minimum Gasteiger partial charge on any atom is -0.372 e. The van der Waals surface area contributed by atoms with Gasteiger partial charge in [0.05, 0.1) is 5.56 Å². The molecule has 0 aliphatic rings. The zero-order valence-corrected chi connectivity index (χ0v) is 12.8. The third kappa shape index (κ3) is 3.17. The molecule has 2 N–H and O–H groups in total. The monoisotopic (exact) mass is 289 g/mol. The van der Waals surface area contributed by atoms with Gasteiger partial charge < -0.3 is 10.6 Å². The van der Waals surface area contributed by atoms with Crippen molar-refractivity contribution < 1.29 is 4.79 Å². The summed E-state index contributed by atoms with van der Waals surface area (Å²) >= 11 is 1.71. The summed E-state index contributed by atoms with van der Waals surface area (Å²) in [6, 6.07) is 7.66. The number of hydrogen-bond acceptors (Lipinski definition) is 4. The second kappa shape index (κ2) is 6.05. The van der Waals surface area contributed by atoms with Gasteiger partial charge >= 0.3 is 0 Å². The molecule has 2 heterocycles. The Labute approximate surface area is 123 Å². The van der Waals surface area contributed by atoms with Gasteiger partial charge in [0, 0.05) is 30.1 Å². The summed E-state index contributed by atoms with van der Waals surface area (Å²) in [6.07, 6.45) is 1.66. The Balaban J connectivity index is 2.06. The predicted molar refractivity (Wildman–Crippen MR) is 83.5 cm³/mol. The lowest BCUT2D eigenvalue weighted by atomic mass is 9.91. The van der Waals surface area contributed by atoms with E-state index in [1.165, 1.54) is 4.88 Å². The SMILES string of the molecule is CNc1ncccc1C(=O)NCC(C)(C)c1cccs1. The number of pyridine rings is 1. The van der Waals surface area contributed by atoms with Crippen molar-refractivity contribution in [2.24, 2.45) is 0 Å². The lowest BCUT2D eigenvalue weighted by Gasteiger charge is -2.23. The normalized spacial score (nSPS) is 11.2. The highest BCUT2D eigenvalue weighted by Gasteiger charge is 2.23. The van der Waals surface area contributed by atoms with Crippen LogP contribution in [0.4, 0.5) is 5.82 Å². The highest BCUT2D eigenvalue weighted by Crippen LogP contribution is 2.26. The largest absolute Gasteiger partial charge is 0.372 e. The number of carbonyl (C=O) groups is 1. The average molecular weight is 289 g/mol. The highest BCUT2D eigenvalue weighted by molar-refractivity contribution is 7.10. The Kier molecular flexibility index (Phi) is 4.39. The number of nitrogens with zero attached hydrogens (tertiary/aromatic N) is 1. The van der Waals surface area contributed by atoms with Gasteiger partial charge in [0.25, 0.3) is 5.91 Å². The number of amides is 1. The van der Waals surface area contributed by atoms with E-state index in [2.05, 4.69) is 40.9 Å². The number of thiophene rings is 1. The summed E-state index contributed by atoms with van der Waals surface area (Å²) in [5.41, 5.74) is 0.489. The van der Waals surface area contributed by atoms with Crippen molar-refractivity contribution in [2.45, 2.75) is 19.3 Å². The van der Waals surface area contributed by atoms with Crippen molar-refractivity contribution >= 4 is 23.1 Å². The number of rotatable bonds is 5. The third-order valence-electron chi connectivity index (χ3n) is 3.17. The Hall–Kier alpha value is -1.88. The van der Waals surface area contributed by atoms with Gasteiger partial charge in [-0.2, -0.15) is 0 Å². The topological polar surface area (TPSA) is 54.0 Å². The molecular weight excluding hydrogens is 270 g/mol. The molecule has 0 aliphatic carbocycles. The molecule has 20 heavy (non-hydrogen) atoms. The molecule has 0 saturated carbocycles. The standard InChI is InChI=1S/C15H19N3OS/c1-15(2,12-7-5-9-20-12)10-18-14(19)11-6-4-8-17-13(11)16-3/h4-9H,10H2,1-3H3,(H,16,17)(H,18,19). The Morgan fingerprint density at radius 2 is 2.15 bits per heavy atom. The summed E-state index contributed by atoms with van der Waals surface area (Å²) in [5, 5.41) is 7.98. The van der Waals surface area contributed by atoms with Gasteiger partial charge in [0.1, 0.15) is 5.82 Å². The van der Waals surface area contributed by atoms with E-state index in [4.69, 9.17) is 0 Å². The molecule has 4 nitrogen and oxygen atoms in total. The lowest BCUT2D eigenvalue weighted by Crippen LogP contribution is -2.36. The van der Waals surface area contributed by atoms with Crippen LogP contribution in [0, 0.1) is 0 Å². The molecule has 0 fully saturated rings. The van der Waals surface area contributed by atoms with Crippen LogP contribution in [0.1, 0.15) is 29.1 Å². The van der Waals surface area contributed by atoms with Crippen LogP contribution >= 0.6 is 11.3 Å². The molecule has 5 heteroatoms. The van der Waals surface area contributed by atoms with Crippen LogP contribution in [0.25, 0.3) is 0 Å². The van der Waals surface area contributed by atoms with Crippen LogP contribution in [0.15, 0.2) is 35.8 Å². The minimum atomic E-state index is -0.105. The summed E-state index contributed by atoms with van der Waals surface area (Å²) in [4.78, 5) is 17.7. The summed E-state index contributed by atoms with van der Waals surface area (Å²) in [7, 11) is 1.76. The molecule has 0 atom stereocenters. The van der Waals surface area contributed by atoms with Crippen LogP contribution in [-0.4, -0.2) is 24.5 Å². The number of hydrogen-bond donors (Lipinski definition) is 2. The molecule has 2 aromatic heterocycles. The van der Waals surface area contributed by atoms with Crippen LogP contribution in [0.3, 0.4) is 0 Å². The molecule has 0 bridgehead atoms. The second-order valence-electron chi connectivity index (χ2n) is 5.19. The second-order valence-corrected chi connectivity index (χ2v) is 6.14. The molecule has 0 radical (unpaired) electrons. The molecule has 2 rings (SSSR count). The van der Waals surface area contributed by atoms with Crippen molar-refractivity contribution in [3.8, 4) is 0 Å². The van der Waals surface area contributed by atoms with E-state index >= 15 is 0 Å². The van der Waals surface area contributed by atoms with Gasteiger partial charge in [0.15, 0.2) is 0 Å². The van der Waals surface area contributed by atoms with E-state index < -0.39 is 0 Å². The molecule has 0 aromatic carbocycles. The number of nitrogens with one attached hydrogen (secondary N) is 2. The molecule has 0 saturated heterocycles. The van der Waals surface area contributed by atoms with Crippen molar-refractivity contribution in [3.63, 3.8) is 0 Å². The first kappa shape index (κ1) is 14.5. The highest BCUT2D eigenvalue weighted by atomic mass is 32.1. The first-order valence-corrected chi connectivity index (χ1v) is 7.37. The Morgan fingerprint density at radius 3 is 2.80 bits per heavy atom. The summed E-state index contributed by atoms with van der Waals surface area (Å²) < 4.78 is 0. The van der Waals surface area contributed by atoms with E-state index in [9.17, 15) is 4.79 Å². The molecule has 0 unspecified atom stereocenters. The molecule has 1 amide bonds. The minimum absolute atomic E-state index is 0.0775. The summed E-state index contributed by atoms with van der Waals surface area (Å²) in [6.45, 7) is 4.84. The number of carbonyl (C=O) groups excluding carboxylic acids is 1. The zero-order chi connectivity index (χ0) is 14.6. The molecule has 106 valence electrons. The Bertz CT molecular complexity index is 579. The van der Waals surface area contributed by atoms with Crippen LogP contribution in [0.5, 0.6) is 0 Å². The maximum absolute atomic E-state index is 12.3. The smallest absolute Gasteiger partial charge is 0.255 e. The van der Waals surface area contributed by atoms with Crippen LogP contribution in [0.2, 0.25) is 0 Å². The quantitative estimate of drug-likeness (QED) is 0.890. The molecule has 2 aromatic rings. The number of aromatic nitrogens is 1. The van der Waals surface area contributed by atoms with Crippen molar-refractivity contribution in [3.05, 3.63) is 46.3 Å². The van der Waals surface area contributed by atoms with E-state index in [0.717, 1.165) is 0 Å². The first-order valence-electron chi connectivity index (χ1n) is 6.49. The van der Waals surface area contributed by atoms with E-state index in [1.807, 2.05) is 6.07 Å². The van der Waals surface area contributed by atoms with Gasteiger partial charge in [-0.05, 0) is 23.6 Å². The number of anilines is 1. The van der Waals surface area contributed by atoms with Gasteiger partial charge in [0.2, 0.25) is 0 Å². The van der Waals surface area contributed by atoms with Crippen molar-refractivity contribution in [2.75, 3.05) is 18.9 Å². The lowest BCUT2D eigenvalue weighted by molar-refractivity contribution is 0.0946. The van der Waals surface area contributed by atoms with Gasteiger partial charge in [-0.3, -0.25) is 4.79 Å². The van der Waals surface area contributed by atoms with E-state index in [-0.39, 0.29) is 11.3 Å². The average Bonchev–Trinajstić information content (AvgIpc) is 3.00. The van der Waals surface area contributed by atoms with Gasteiger partial charge in [-0.1, -0.05) is 19.9 Å². The molecular formula is C15H19N3OS. The Morgan fingerprint density at radius 1 is 1.35 bits per heavy atom. The summed E-state index contributed by atoms with van der Waals surface area (Å²) in [5.74, 6) is 0.492. The van der Waals surface area contributed by atoms with E-state index in [0.29, 0.717) is 17.9 Å². The fourth-order valence-corrected chi connectivity index (χ4v) is 2.79. The fourth-order valence-electron chi connectivity index (χ4n) is 1.93.